The number of nitrogens with one attached hydrogen (secondary N) is 1. The topological polar surface area (TPSA) is 55.4 Å². The molecule has 0 aliphatic carbocycles. The quantitative estimate of drug-likeness (QED) is 0.275. The summed E-state index contributed by atoms with van der Waals surface area (Å²) in [6, 6.07) is 26.0. The highest BCUT2D eigenvalue weighted by atomic mass is 16.5. The molecule has 158 valence electrons. The lowest BCUT2D eigenvalue weighted by atomic mass is 9.98. The predicted molar refractivity (Wildman–Crippen MR) is 124 cm³/mol. The number of aryl methyl sites for hydroxylation is 1. The average molecular weight is 414 g/mol. The van der Waals surface area contributed by atoms with E-state index < -0.39 is 6.10 Å². The molecule has 0 heterocycles. The number of carbonyl (C=O) groups is 2. The molecular weight excluding hydrogens is 386 g/mol. The van der Waals surface area contributed by atoms with Gasteiger partial charge in [-0.1, -0.05) is 92.2 Å². The van der Waals surface area contributed by atoms with E-state index in [4.69, 9.17) is 4.74 Å². The zero-order valence-electron chi connectivity index (χ0n) is 18.0. The Hall–Kier alpha value is -3.66. The molecule has 0 aromatic heterocycles. The van der Waals surface area contributed by atoms with Gasteiger partial charge < -0.3 is 10.1 Å². The van der Waals surface area contributed by atoms with E-state index in [-0.39, 0.29) is 17.6 Å². The summed E-state index contributed by atoms with van der Waals surface area (Å²) >= 11 is 0. The van der Waals surface area contributed by atoms with E-state index in [9.17, 15) is 9.59 Å². The fourth-order valence-corrected chi connectivity index (χ4v) is 3.07. The van der Waals surface area contributed by atoms with Crippen LogP contribution in [0.2, 0.25) is 0 Å². The highest BCUT2D eigenvalue weighted by molar-refractivity contribution is 6.01. The number of Topliss-reactive ketones (excluding diaryl/α,β-unsaturated/α-hetero) is 1. The number of benzene rings is 3. The van der Waals surface area contributed by atoms with E-state index in [2.05, 4.69) is 5.32 Å². The normalized spacial score (nSPS) is 12.3. The van der Waals surface area contributed by atoms with Crippen molar-refractivity contribution in [3.63, 3.8) is 0 Å². The maximum atomic E-state index is 13.3. The number of allylic oxidation sites excluding steroid dienone is 1. The first-order chi connectivity index (χ1) is 14.9. The van der Waals surface area contributed by atoms with Gasteiger partial charge >= 0.3 is 0 Å². The molecule has 0 saturated carbocycles. The zero-order valence-corrected chi connectivity index (χ0v) is 18.0. The smallest absolute Gasteiger partial charge is 0.251 e. The van der Waals surface area contributed by atoms with Gasteiger partial charge in [-0.15, -0.1) is 0 Å². The number of carbonyl (C=O) groups excluding carboxylic acids is 2. The Kier molecular flexibility index (Phi) is 7.39. The van der Waals surface area contributed by atoms with E-state index in [1.165, 1.54) is 6.08 Å². The second-order valence-corrected chi connectivity index (χ2v) is 7.70. The minimum Gasteiger partial charge on any atom is -0.481 e. The second kappa shape index (κ2) is 10.4. The summed E-state index contributed by atoms with van der Waals surface area (Å²) in [4.78, 5) is 25.9. The van der Waals surface area contributed by atoms with Crippen molar-refractivity contribution < 1.29 is 14.3 Å². The van der Waals surface area contributed by atoms with Crippen LogP contribution in [0.1, 0.15) is 41.4 Å². The van der Waals surface area contributed by atoms with E-state index >= 15 is 0 Å². The van der Waals surface area contributed by atoms with Crippen molar-refractivity contribution in [2.45, 2.75) is 26.9 Å². The molecule has 31 heavy (non-hydrogen) atoms. The molecule has 3 aromatic rings. The standard InChI is InChI=1S/C27H27NO3/c1-19(2)24(18-25(29)28-23-12-8-5-9-13-23)31-27(22-10-6-4-7-11-22)26(30)21-16-14-20(3)15-17-21/h4-19,27H,1-3H3,(H,28,29)/b24-18-. The van der Waals surface area contributed by atoms with Crippen LogP contribution in [0.3, 0.4) is 0 Å². The fraction of sp³-hybridized carbons (Fsp3) is 0.185. The third-order valence-corrected chi connectivity index (χ3v) is 4.81. The summed E-state index contributed by atoms with van der Waals surface area (Å²) in [5.41, 5.74) is 3.08. The van der Waals surface area contributed by atoms with E-state index in [0.29, 0.717) is 17.0 Å². The number of hydrogen-bond acceptors (Lipinski definition) is 3. The minimum atomic E-state index is -0.845. The predicted octanol–water partition coefficient (Wildman–Crippen LogP) is 6.11. The molecule has 0 saturated heterocycles. The van der Waals surface area contributed by atoms with Crippen LogP contribution in [0.25, 0.3) is 0 Å². The molecule has 1 unspecified atom stereocenters. The van der Waals surface area contributed by atoms with Gasteiger partial charge in [0.15, 0.2) is 6.10 Å². The van der Waals surface area contributed by atoms with Crippen LogP contribution in [0.4, 0.5) is 5.69 Å². The zero-order chi connectivity index (χ0) is 22.2. The highest BCUT2D eigenvalue weighted by Crippen LogP contribution is 2.28. The van der Waals surface area contributed by atoms with Gasteiger partial charge in [-0.3, -0.25) is 9.59 Å². The van der Waals surface area contributed by atoms with Gasteiger partial charge in [-0.25, -0.2) is 0 Å². The van der Waals surface area contributed by atoms with Gasteiger partial charge in [0, 0.05) is 28.8 Å². The Labute approximate surface area is 183 Å². The summed E-state index contributed by atoms with van der Waals surface area (Å²) in [5.74, 6) is -0.0907. The Bertz CT molecular complexity index is 1040. The van der Waals surface area contributed by atoms with Crippen molar-refractivity contribution in [3.8, 4) is 0 Å². The lowest BCUT2D eigenvalue weighted by Crippen LogP contribution is -2.19. The van der Waals surface area contributed by atoms with Crippen molar-refractivity contribution in [2.24, 2.45) is 5.92 Å². The molecular formula is C27H27NO3. The average Bonchev–Trinajstić information content (AvgIpc) is 2.77. The van der Waals surface area contributed by atoms with E-state index in [1.54, 1.807) is 12.1 Å². The van der Waals surface area contributed by atoms with Gasteiger partial charge in [0.2, 0.25) is 5.78 Å². The summed E-state index contributed by atoms with van der Waals surface area (Å²) in [6.45, 7) is 5.84. The number of hydrogen-bond donors (Lipinski definition) is 1. The van der Waals surface area contributed by atoms with Gasteiger partial charge in [0.25, 0.3) is 5.91 Å². The van der Waals surface area contributed by atoms with Gasteiger partial charge in [-0.05, 0) is 19.1 Å². The van der Waals surface area contributed by atoms with E-state index in [0.717, 1.165) is 11.1 Å². The first kappa shape index (κ1) is 22.0. The molecule has 4 nitrogen and oxygen atoms in total. The first-order valence-electron chi connectivity index (χ1n) is 10.3. The van der Waals surface area contributed by atoms with Gasteiger partial charge in [-0.2, -0.15) is 0 Å². The second-order valence-electron chi connectivity index (χ2n) is 7.70. The van der Waals surface area contributed by atoms with Crippen LogP contribution in [-0.2, 0) is 9.53 Å². The molecule has 0 fully saturated rings. The maximum Gasteiger partial charge on any atom is 0.251 e. The minimum absolute atomic E-state index is 0.0847. The molecule has 0 bridgehead atoms. The molecule has 3 rings (SSSR count). The van der Waals surface area contributed by atoms with Crippen LogP contribution in [0, 0.1) is 12.8 Å². The summed E-state index contributed by atoms with van der Waals surface area (Å²) in [6.07, 6.45) is 0.581. The summed E-state index contributed by atoms with van der Waals surface area (Å²) in [7, 11) is 0. The molecule has 1 atom stereocenters. The van der Waals surface area contributed by atoms with Crippen LogP contribution < -0.4 is 5.32 Å². The molecule has 1 N–H and O–H groups in total. The Morgan fingerprint density at radius 1 is 0.839 bits per heavy atom. The molecule has 1 amide bonds. The fourth-order valence-electron chi connectivity index (χ4n) is 3.07. The maximum absolute atomic E-state index is 13.3. The number of rotatable bonds is 8. The van der Waals surface area contributed by atoms with Gasteiger partial charge in [0.1, 0.15) is 5.76 Å². The lowest BCUT2D eigenvalue weighted by molar-refractivity contribution is -0.112. The number of amides is 1. The van der Waals surface area contributed by atoms with Crippen molar-refractivity contribution in [2.75, 3.05) is 5.32 Å². The summed E-state index contributed by atoms with van der Waals surface area (Å²) < 4.78 is 6.20. The lowest BCUT2D eigenvalue weighted by Gasteiger charge is -2.22. The van der Waals surface area contributed by atoms with Crippen LogP contribution >= 0.6 is 0 Å². The highest BCUT2D eigenvalue weighted by Gasteiger charge is 2.26. The molecule has 0 radical (unpaired) electrons. The van der Waals surface area contributed by atoms with Crippen molar-refractivity contribution in [3.05, 3.63) is 113 Å². The van der Waals surface area contributed by atoms with E-state index in [1.807, 2.05) is 93.6 Å². The summed E-state index contributed by atoms with van der Waals surface area (Å²) in [5, 5.41) is 2.83. The first-order valence-corrected chi connectivity index (χ1v) is 10.3. The van der Waals surface area contributed by atoms with Crippen LogP contribution in [0.5, 0.6) is 0 Å². The third kappa shape index (κ3) is 6.16. The van der Waals surface area contributed by atoms with Crippen molar-refractivity contribution in [1.29, 1.82) is 0 Å². The molecule has 4 heteroatoms. The largest absolute Gasteiger partial charge is 0.481 e. The van der Waals surface area contributed by atoms with Crippen molar-refractivity contribution in [1.82, 2.24) is 0 Å². The Morgan fingerprint density at radius 3 is 2.00 bits per heavy atom. The van der Waals surface area contributed by atoms with Crippen LogP contribution in [-0.4, -0.2) is 11.7 Å². The Balaban J connectivity index is 1.89. The monoisotopic (exact) mass is 413 g/mol. The molecule has 0 aliphatic heterocycles. The Morgan fingerprint density at radius 2 is 1.42 bits per heavy atom. The number of ether oxygens (including phenoxy) is 1. The molecule has 3 aromatic carbocycles. The van der Waals surface area contributed by atoms with Crippen molar-refractivity contribution >= 4 is 17.4 Å². The van der Waals surface area contributed by atoms with Gasteiger partial charge in [0.05, 0.1) is 0 Å². The SMILES string of the molecule is Cc1ccc(C(=O)C(O/C(=C\C(=O)Nc2ccccc2)C(C)C)c2ccccc2)cc1. The number of para-hydroxylation sites is 1. The van der Waals surface area contributed by atoms with Crippen LogP contribution in [0.15, 0.2) is 96.8 Å². The number of ketones is 1. The molecule has 0 aliphatic rings. The number of anilines is 1. The third-order valence-electron chi connectivity index (χ3n) is 4.81. The molecule has 0 spiro atoms.